The van der Waals surface area contributed by atoms with Crippen molar-refractivity contribution in [3.05, 3.63) is 18.2 Å². The van der Waals surface area contributed by atoms with Crippen molar-refractivity contribution in [1.82, 2.24) is 14.9 Å². The number of hydrogen-bond acceptors (Lipinski definition) is 2. The molecule has 1 heterocycles. The number of rotatable bonds is 3. The molecule has 1 aromatic heterocycles. The van der Waals surface area contributed by atoms with E-state index in [9.17, 15) is 0 Å². The molecule has 1 N–H and O–H groups in total. The van der Waals surface area contributed by atoms with Gasteiger partial charge in [0.1, 0.15) is 0 Å². The molecular weight excluding hydrogens is 258 g/mol. The normalized spacial score (nSPS) is 38.1. The predicted octanol–water partition coefficient (Wildman–Crippen LogP) is 3.70. The van der Waals surface area contributed by atoms with Gasteiger partial charge < -0.3 is 9.88 Å². The van der Waals surface area contributed by atoms with Crippen molar-refractivity contribution < 1.29 is 0 Å². The quantitative estimate of drug-likeness (QED) is 0.918. The molecule has 4 bridgehead atoms. The third kappa shape index (κ3) is 2.44. The molecule has 0 atom stereocenters. The Kier molecular flexibility index (Phi) is 3.01. The van der Waals surface area contributed by atoms with Crippen molar-refractivity contribution in [2.75, 3.05) is 0 Å². The van der Waals surface area contributed by atoms with Crippen molar-refractivity contribution in [1.29, 1.82) is 0 Å². The van der Waals surface area contributed by atoms with Crippen LogP contribution in [0.2, 0.25) is 0 Å². The van der Waals surface area contributed by atoms with Gasteiger partial charge in [-0.25, -0.2) is 4.98 Å². The molecule has 5 rings (SSSR count). The van der Waals surface area contributed by atoms with E-state index >= 15 is 0 Å². The highest BCUT2D eigenvalue weighted by Crippen LogP contribution is 2.59. The van der Waals surface area contributed by atoms with Gasteiger partial charge in [0.25, 0.3) is 0 Å². The van der Waals surface area contributed by atoms with Gasteiger partial charge in [-0.1, -0.05) is 0 Å². The van der Waals surface area contributed by atoms with Crippen molar-refractivity contribution >= 4 is 0 Å². The molecule has 4 saturated carbocycles. The molecule has 0 aromatic carbocycles. The fourth-order valence-electron chi connectivity index (χ4n) is 5.60. The number of nitrogens with one attached hydrogen (secondary N) is 1. The third-order valence-corrected chi connectivity index (χ3v) is 6.03. The predicted molar refractivity (Wildman–Crippen MR) is 85.0 cm³/mol. The molecule has 21 heavy (non-hydrogen) atoms. The summed E-state index contributed by atoms with van der Waals surface area (Å²) in [7, 11) is 0. The lowest BCUT2D eigenvalue weighted by Crippen LogP contribution is -2.52. The first-order valence-electron chi connectivity index (χ1n) is 8.70. The van der Waals surface area contributed by atoms with Gasteiger partial charge in [-0.3, -0.25) is 0 Å². The van der Waals surface area contributed by atoms with Gasteiger partial charge in [-0.15, -0.1) is 0 Å². The zero-order chi connectivity index (χ0) is 14.7. The summed E-state index contributed by atoms with van der Waals surface area (Å²) in [6, 6.07) is 0. The molecule has 0 amide bonds. The smallest absolute Gasteiger partial charge is 0.0953 e. The van der Waals surface area contributed by atoms with E-state index in [-0.39, 0.29) is 5.54 Å². The molecule has 4 aliphatic rings. The van der Waals surface area contributed by atoms with E-state index in [4.69, 9.17) is 0 Å². The van der Waals surface area contributed by atoms with Crippen LogP contribution in [0.15, 0.2) is 12.5 Å². The summed E-state index contributed by atoms with van der Waals surface area (Å²) in [6.07, 6.45) is 12.9. The number of aromatic nitrogens is 2. The van der Waals surface area contributed by atoms with E-state index in [0.29, 0.717) is 5.54 Å². The van der Waals surface area contributed by atoms with Crippen LogP contribution in [0, 0.1) is 17.8 Å². The molecule has 0 aliphatic heterocycles. The second-order valence-corrected chi connectivity index (χ2v) is 9.00. The largest absolute Gasteiger partial charge is 0.327 e. The minimum absolute atomic E-state index is 0.163. The lowest BCUT2D eigenvalue weighted by atomic mass is 9.53. The maximum atomic E-state index is 4.50. The van der Waals surface area contributed by atoms with Crippen molar-refractivity contribution in [2.45, 2.75) is 76.9 Å². The van der Waals surface area contributed by atoms with Crippen molar-refractivity contribution in [3.63, 3.8) is 0 Å². The number of nitrogens with zero attached hydrogens (tertiary/aromatic N) is 2. The fourth-order valence-corrected chi connectivity index (χ4v) is 5.60. The highest BCUT2D eigenvalue weighted by molar-refractivity contribution is 5.11. The van der Waals surface area contributed by atoms with E-state index in [0.717, 1.165) is 24.3 Å². The van der Waals surface area contributed by atoms with Crippen LogP contribution in [0.3, 0.4) is 0 Å². The summed E-state index contributed by atoms with van der Waals surface area (Å²) in [5.41, 5.74) is 1.95. The fraction of sp³-hybridized carbons (Fsp3) is 0.833. The van der Waals surface area contributed by atoms with Crippen LogP contribution in [0.25, 0.3) is 0 Å². The highest BCUT2D eigenvalue weighted by Gasteiger charge is 2.52. The van der Waals surface area contributed by atoms with E-state index in [1.165, 1.54) is 44.2 Å². The van der Waals surface area contributed by atoms with E-state index in [1.807, 2.05) is 0 Å². The molecule has 0 radical (unpaired) electrons. The zero-order valence-corrected chi connectivity index (χ0v) is 13.7. The monoisotopic (exact) mass is 287 g/mol. The summed E-state index contributed by atoms with van der Waals surface area (Å²) in [5.74, 6) is 2.96. The van der Waals surface area contributed by atoms with Crippen LogP contribution in [0.1, 0.15) is 65.0 Å². The second-order valence-electron chi connectivity index (χ2n) is 9.00. The standard InChI is InChI=1S/C18H29N3/c1-17(2,3)20-11-16-10-19-12-21(16)18-7-13-4-14(8-18)6-15(5-13)9-18/h10,12-15,20H,4-9,11H2,1-3H3. The SMILES string of the molecule is CC(C)(C)NCc1cncn1C12CC3CC(CC(C3)C1)C2. The Labute approximate surface area is 128 Å². The average molecular weight is 287 g/mol. The van der Waals surface area contributed by atoms with E-state index in [2.05, 4.69) is 48.2 Å². The van der Waals surface area contributed by atoms with Gasteiger partial charge in [0.2, 0.25) is 0 Å². The van der Waals surface area contributed by atoms with Gasteiger partial charge in [0.15, 0.2) is 0 Å². The van der Waals surface area contributed by atoms with E-state index in [1.54, 1.807) is 0 Å². The second kappa shape index (κ2) is 4.58. The molecule has 1 aromatic rings. The van der Waals surface area contributed by atoms with Gasteiger partial charge in [0, 0.05) is 23.8 Å². The molecule has 0 saturated heterocycles. The minimum Gasteiger partial charge on any atom is -0.327 e. The third-order valence-electron chi connectivity index (χ3n) is 6.03. The number of imidazole rings is 1. The first kappa shape index (κ1) is 13.8. The van der Waals surface area contributed by atoms with Gasteiger partial charge in [0.05, 0.1) is 12.0 Å². The average Bonchev–Trinajstić information content (AvgIpc) is 2.82. The van der Waals surface area contributed by atoms with Crippen LogP contribution >= 0.6 is 0 Å². The maximum absolute atomic E-state index is 4.50. The van der Waals surface area contributed by atoms with Crippen LogP contribution in [-0.2, 0) is 12.1 Å². The van der Waals surface area contributed by atoms with Crippen LogP contribution in [0.5, 0.6) is 0 Å². The Morgan fingerprint density at radius 3 is 2.24 bits per heavy atom. The minimum atomic E-state index is 0.163. The van der Waals surface area contributed by atoms with Crippen LogP contribution in [0.4, 0.5) is 0 Å². The molecule has 3 heteroatoms. The molecular formula is C18H29N3. The molecule has 3 nitrogen and oxygen atoms in total. The molecule has 116 valence electrons. The summed E-state index contributed by atoms with van der Waals surface area (Å²) in [5, 5.41) is 3.64. The molecule has 0 spiro atoms. The Bertz CT molecular complexity index is 488. The Morgan fingerprint density at radius 1 is 1.14 bits per heavy atom. The maximum Gasteiger partial charge on any atom is 0.0953 e. The van der Waals surface area contributed by atoms with Gasteiger partial charge >= 0.3 is 0 Å². The van der Waals surface area contributed by atoms with Gasteiger partial charge in [-0.05, 0) is 77.0 Å². The van der Waals surface area contributed by atoms with Gasteiger partial charge in [-0.2, -0.15) is 0 Å². The lowest BCUT2D eigenvalue weighted by molar-refractivity contribution is -0.0445. The Balaban J connectivity index is 1.60. The molecule has 4 aliphatic carbocycles. The summed E-state index contributed by atoms with van der Waals surface area (Å²) in [6.45, 7) is 7.64. The molecule has 4 fully saturated rings. The number of hydrogen-bond donors (Lipinski definition) is 1. The van der Waals surface area contributed by atoms with Crippen molar-refractivity contribution in [3.8, 4) is 0 Å². The van der Waals surface area contributed by atoms with Crippen molar-refractivity contribution in [2.24, 2.45) is 17.8 Å². The Hall–Kier alpha value is -0.830. The summed E-state index contributed by atoms with van der Waals surface area (Å²) < 4.78 is 2.57. The lowest BCUT2D eigenvalue weighted by Gasteiger charge is -2.57. The Morgan fingerprint density at radius 2 is 1.71 bits per heavy atom. The first-order chi connectivity index (χ1) is 9.94. The van der Waals surface area contributed by atoms with Crippen LogP contribution < -0.4 is 5.32 Å². The summed E-state index contributed by atoms with van der Waals surface area (Å²) >= 11 is 0. The van der Waals surface area contributed by atoms with E-state index < -0.39 is 0 Å². The topological polar surface area (TPSA) is 29.9 Å². The first-order valence-corrected chi connectivity index (χ1v) is 8.70. The summed E-state index contributed by atoms with van der Waals surface area (Å²) in [4.78, 5) is 4.50. The van der Waals surface area contributed by atoms with Crippen LogP contribution in [-0.4, -0.2) is 15.1 Å². The zero-order valence-electron chi connectivity index (χ0n) is 13.7. The highest BCUT2D eigenvalue weighted by atomic mass is 15.1. The molecule has 0 unspecified atom stereocenters.